The maximum atomic E-state index is 10.8. The van der Waals surface area contributed by atoms with Gasteiger partial charge in [-0.2, -0.15) is 0 Å². The van der Waals surface area contributed by atoms with Gasteiger partial charge in [-0.25, -0.2) is 0 Å². The van der Waals surface area contributed by atoms with Crippen LogP contribution in [0.15, 0.2) is 24.3 Å². The predicted octanol–water partition coefficient (Wildman–Crippen LogP) is 2.01. The molecule has 18 heavy (non-hydrogen) atoms. The monoisotopic (exact) mass is 252 g/mol. The van der Waals surface area contributed by atoms with E-state index in [1.807, 2.05) is 6.07 Å². The van der Waals surface area contributed by atoms with Crippen molar-refractivity contribution in [2.24, 2.45) is 5.92 Å². The van der Waals surface area contributed by atoms with Gasteiger partial charge in [-0.3, -0.25) is 10.1 Å². The van der Waals surface area contributed by atoms with Gasteiger partial charge in [0.2, 0.25) is 0 Å². The Labute approximate surface area is 107 Å². The summed E-state index contributed by atoms with van der Waals surface area (Å²) in [7, 11) is 1.68. The number of ether oxygens (including phenoxy) is 1. The smallest absolute Gasteiger partial charge is 0.272 e. The highest BCUT2D eigenvalue weighted by Crippen LogP contribution is 2.17. The minimum absolute atomic E-state index is 0.198. The summed E-state index contributed by atoms with van der Waals surface area (Å²) in [6.07, 6.45) is 0.664. The van der Waals surface area contributed by atoms with Gasteiger partial charge >= 0.3 is 0 Å². The zero-order valence-corrected chi connectivity index (χ0v) is 10.9. The van der Waals surface area contributed by atoms with Crippen LogP contribution in [0.1, 0.15) is 12.5 Å². The Bertz CT molecular complexity index is 382. The van der Waals surface area contributed by atoms with Crippen LogP contribution in [-0.4, -0.2) is 31.7 Å². The van der Waals surface area contributed by atoms with Gasteiger partial charge < -0.3 is 10.1 Å². The van der Waals surface area contributed by atoms with Gasteiger partial charge in [0.25, 0.3) is 5.69 Å². The van der Waals surface area contributed by atoms with Crippen molar-refractivity contribution in [3.8, 4) is 0 Å². The van der Waals surface area contributed by atoms with E-state index in [0.717, 1.165) is 25.3 Å². The first-order valence-corrected chi connectivity index (χ1v) is 6.07. The number of nitro groups is 1. The average Bonchev–Trinajstić information content (AvgIpc) is 2.35. The molecule has 0 bridgehead atoms. The van der Waals surface area contributed by atoms with E-state index >= 15 is 0 Å². The van der Waals surface area contributed by atoms with Gasteiger partial charge in [0, 0.05) is 25.3 Å². The van der Waals surface area contributed by atoms with E-state index in [-0.39, 0.29) is 10.6 Å². The quantitative estimate of drug-likeness (QED) is 0.436. The first kappa shape index (κ1) is 14.6. The second-order valence-electron chi connectivity index (χ2n) is 4.40. The summed E-state index contributed by atoms with van der Waals surface area (Å²) in [5.74, 6) is 0.445. The van der Waals surface area contributed by atoms with Crippen molar-refractivity contribution in [1.29, 1.82) is 0 Å². The summed E-state index contributed by atoms with van der Waals surface area (Å²) in [5, 5.41) is 14.1. The molecule has 0 aliphatic heterocycles. The zero-order chi connectivity index (χ0) is 13.4. The molecular formula is C13H20N2O3. The largest absolute Gasteiger partial charge is 0.384 e. The van der Waals surface area contributed by atoms with E-state index in [2.05, 4.69) is 12.2 Å². The van der Waals surface area contributed by atoms with Gasteiger partial charge in [0.05, 0.1) is 4.92 Å². The van der Waals surface area contributed by atoms with Crippen molar-refractivity contribution in [3.05, 3.63) is 39.9 Å². The van der Waals surface area contributed by atoms with Crippen LogP contribution >= 0.6 is 0 Å². The van der Waals surface area contributed by atoms with Crippen molar-refractivity contribution in [2.75, 3.05) is 26.8 Å². The van der Waals surface area contributed by atoms with Crippen molar-refractivity contribution in [1.82, 2.24) is 5.32 Å². The van der Waals surface area contributed by atoms with Gasteiger partial charge in [-0.1, -0.05) is 25.1 Å². The molecule has 0 saturated carbocycles. The molecule has 0 amide bonds. The normalized spacial score (nSPS) is 12.3. The van der Waals surface area contributed by atoms with Crippen LogP contribution in [0.4, 0.5) is 5.69 Å². The molecule has 5 nitrogen and oxygen atoms in total. The van der Waals surface area contributed by atoms with Crippen LogP contribution in [0.5, 0.6) is 0 Å². The number of nitrogens with one attached hydrogen (secondary N) is 1. The minimum Gasteiger partial charge on any atom is -0.384 e. The molecule has 100 valence electrons. The third kappa shape index (κ3) is 4.81. The fraction of sp³-hybridized carbons (Fsp3) is 0.538. The van der Waals surface area contributed by atoms with E-state index in [4.69, 9.17) is 4.74 Å². The summed E-state index contributed by atoms with van der Waals surface area (Å²) in [6, 6.07) is 6.87. The number of rotatable bonds is 8. The Morgan fingerprint density at radius 1 is 1.44 bits per heavy atom. The molecule has 1 atom stereocenters. The van der Waals surface area contributed by atoms with E-state index in [1.165, 1.54) is 0 Å². The molecule has 0 aliphatic rings. The molecule has 0 fully saturated rings. The lowest BCUT2D eigenvalue weighted by Gasteiger charge is -2.11. The average molecular weight is 252 g/mol. The van der Waals surface area contributed by atoms with Gasteiger partial charge in [-0.15, -0.1) is 0 Å². The standard InChI is InChI=1S/C13H20N2O3/c1-11(10-18-2)9-14-8-7-12-5-3-4-6-13(12)15(16)17/h3-6,11,14H,7-10H2,1-2H3. The summed E-state index contributed by atoms with van der Waals surface area (Å²) < 4.78 is 5.04. The Hall–Kier alpha value is -1.46. The number of nitrogens with zero attached hydrogens (tertiary/aromatic N) is 1. The third-order valence-electron chi connectivity index (χ3n) is 2.70. The zero-order valence-electron chi connectivity index (χ0n) is 10.9. The van der Waals surface area contributed by atoms with Crippen LogP contribution < -0.4 is 5.32 Å². The molecule has 0 aromatic heterocycles. The first-order valence-electron chi connectivity index (χ1n) is 6.07. The molecule has 0 radical (unpaired) electrons. The fourth-order valence-corrected chi connectivity index (χ4v) is 1.82. The lowest BCUT2D eigenvalue weighted by Crippen LogP contribution is -2.25. The number of benzene rings is 1. The van der Waals surface area contributed by atoms with Gasteiger partial charge in [0.1, 0.15) is 0 Å². The molecule has 1 aromatic carbocycles. The SMILES string of the molecule is COCC(C)CNCCc1ccccc1[N+](=O)[O-]. The van der Waals surface area contributed by atoms with Crippen molar-refractivity contribution >= 4 is 5.69 Å². The summed E-state index contributed by atoms with van der Waals surface area (Å²) >= 11 is 0. The molecule has 1 aromatic rings. The van der Waals surface area contributed by atoms with Crippen LogP contribution in [-0.2, 0) is 11.2 Å². The minimum atomic E-state index is -0.330. The second-order valence-corrected chi connectivity index (χ2v) is 4.40. The highest BCUT2D eigenvalue weighted by Gasteiger charge is 2.11. The van der Waals surface area contributed by atoms with Crippen molar-refractivity contribution in [3.63, 3.8) is 0 Å². The van der Waals surface area contributed by atoms with E-state index in [9.17, 15) is 10.1 Å². The molecule has 0 aliphatic carbocycles. The lowest BCUT2D eigenvalue weighted by molar-refractivity contribution is -0.385. The van der Waals surface area contributed by atoms with E-state index in [0.29, 0.717) is 12.3 Å². The lowest BCUT2D eigenvalue weighted by atomic mass is 10.1. The van der Waals surface area contributed by atoms with Crippen LogP contribution in [0.25, 0.3) is 0 Å². The van der Waals surface area contributed by atoms with Crippen LogP contribution in [0, 0.1) is 16.0 Å². The topological polar surface area (TPSA) is 64.4 Å². The number of methoxy groups -OCH3 is 1. The molecule has 1 rings (SSSR count). The molecule has 1 unspecified atom stereocenters. The molecular weight excluding hydrogens is 232 g/mol. The van der Waals surface area contributed by atoms with E-state index in [1.54, 1.807) is 25.3 Å². The predicted molar refractivity (Wildman–Crippen MR) is 70.7 cm³/mol. The number of hydrogen-bond acceptors (Lipinski definition) is 4. The summed E-state index contributed by atoms with van der Waals surface area (Å²) in [6.45, 7) is 4.41. The summed E-state index contributed by atoms with van der Waals surface area (Å²) in [5.41, 5.74) is 0.971. The molecule has 0 spiro atoms. The number of nitro benzene ring substituents is 1. The Morgan fingerprint density at radius 2 is 2.17 bits per heavy atom. The van der Waals surface area contributed by atoms with Crippen LogP contribution in [0.2, 0.25) is 0 Å². The molecule has 0 saturated heterocycles. The molecule has 1 N–H and O–H groups in total. The van der Waals surface area contributed by atoms with Crippen LogP contribution in [0.3, 0.4) is 0 Å². The maximum Gasteiger partial charge on any atom is 0.272 e. The Morgan fingerprint density at radius 3 is 2.83 bits per heavy atom. The van der Waals surface area contributed by atoms with Gasteiger partial charge in [-0.05, 0) is 25.4 Å². The number of para-hydroxylation sites is 1. The number of hydrogen-bond donors (Lipinski definition) is 1. The highest BCUT2D eigenvalue weighted by atomic mass is 16.6. The third-order valence-corrected chi connectivity index (χ3v) is 2.70. The van der Waals surface area contributed by atoms with Gasteiger partial charge in [0.15, 0.2) is 0 Å². The molecule has 0 heterocycles. The fourth-order valence-electron chi connectivity index (χ4n) is 1.82. The Balaban J connectivity index is 2.37. The highest BCUT2D eigenvalue weighted by molar-refractivity contribution is 5.39. The summed E-state index contributed by atoms with van der Waals surface area (Å²) in [4.78, 5) is 10.5. The first-order chi connectivity index (χ1) is 8.65. The maximum absolute atomic E-state index is 10.8. The van der Waals surface area contributed by atoms with Crippen molar-refractivity contribution < 1.29 is 9.66 Å². The van der Waals surface area contributed by atoms with Crippen molar-refractivity contribution in [2.45, 2.75) is 13.3 Å². The Kier molecular flexibility index (Phi) is 6.32. The molecule has 5 heteroatoms. The second kappa shape index (κ2) is 7.79. The van der Waals surface area contributed by atoms with E-state index < -0.39 is 0 Å².